The van der Waals surface area contributed by atoms with Gasteiger partial charge in [0.1, 0.15) is 29.8 Å². The van der Waals surface area contributed by atoms with Crippen molar-refractivity contribution in [1.82, 2.24) is 0 Å². The number of carboxylic acid groups (broad SMARTS) is 1. The van der Waals surface area contributed by atoms with Gasteiger partial charge in [-0.2, -0.15) is 0 Å². The highest BCUT2D eigenvalue weighted by Gasteiger charge is 2.09. The van der Waals surface area contributed by atoms with Gasteiger partial charge >= 0.3 is 5.97 Å². The molecule has 6 heteroatoms. The highest BCUT2D eigenvalue weighted by Crippen LogP contribution is 2.19. The first kappa shape index (κ1) is 13.9. The molecule has 1 N–H and O–H groups in total. The summed E-state index contributed by atoms with van der Waals surface area (Å²) in [5.41, 5.74) is -0.202. The number of hydrogen-bond donors (Lipinski definition) is 1. The summed E-state index contributed by atoms with van der Waals surface area (Å²) >= 11 is 0. The van der Waals surface area contributed by atoms with E-state index in [2.05, 4.69) is 0 Å². The van der Waals surface area contributed by atoms with Gasteiger partial charge in [0.05, 0.1) is 5.56 Å². The maximum Gasteiger partial charge on any atom is 0.335 e. The minimum atomic E-state index is -1.30. The van der Waals surface area contributed by atoms with E-state index in [-0.39, 0.29) is 23.5 Å². The van der Waals surface area contributed by atoms with E-state index >= 15 is 0 Å². The Morgan fingerprint density at radius 1 is 1.05 bits per heavy atom. The topological polar surface area (TPSA) is 46.5 Å². The molecule has 0 bridgehead atoms. The number of halogens is 3. The van der Waals surface area contributed by atoms with E-state index in [1.165, 1.54) is 6.07 Å². The summed E-state index contributed by atoms with van der Waals surface area (Å²) in [7, 11) is 0. The van der Waals surface area contributed by atoms with Crippen LogP contribution >= 0.6 is 0 Å². The molecular weight excluding hydrogens is 273 g/mol. The normalized spacial score (nSPS) is 10.3. The number of benzene rings is 2. The average molecular weight is 282 g/mol. The molecule has 0 aliphatic carbocycles. The van der Waals surface area contributed by atoms with Gasteiger partial charge in [-0.05, 0) is 24.3 Å². The molecule has 0 aromatic heterocycles. The lowest BCUT2D eigenvalue weighted by atomic mass is 10.2. The lowest BCUT2D eigenvalue weighted by Crippen LogP contribution is -2.02. The zero-order chi connectivity index (χ0) is 14.7. The molecule has 0 spiro atoms. The third-order valence-electron chi connectivity index (χ3n) is 2.53. The molecule has 2 rings (SSSR count). The zero-order valence-electron chi connectivity index (χ0n) is 10.1. The van der Waals surface area contributed by atoms with Crippen molar-refractivity contribution in [2.75, 3.05) is 0 Å². The second-order valence-corrected chi connectivity index (χ2v) is 4.01. The van der Waals surface area contributed by atoms with E-state index < -0.39 is 23.4 Å². The molecular formula is C14H9F3O3. The predicted octanol–water partition coefficient (Wildman–Crippen LogP) is 3.38. The van der Waals surface area contributed by atoms with Crippen molar-refractivity contribution in [3.8, 4) is 5.75 Å². The van der Waals surface area contributed by atoms with E-state index in [0.717, 1.165) is 24.3 Å². The first-order chi connectivity index (χ1) is 9.45. The van der Waals surface area contributed by atoms with Gasteiger partial charge in [-0.15, -0.1) is 0 Å². The highest BCUT2D eigenvalue weighted by atomic mass is 19.1. The van der Waals surface area contributed by atoms with Crippen LogP contribution in [0.3, 0.4) is 0 Å². The molecule has 0 amide bonds. The molecule has 0 unspecified atom stereocenters. The minimum Gasteiger partial charge on any atom is -0.489 e. The molecule has 20 heavy (non-hydrogen) atoms. The van der Waals surface area contributed by atoms with E-state index in [1.807, 2.05) is 0 Å². The van der Waals surface area contributed by atoms with Gasteiger partial charge in [0.25, 0.3) is 0 Å². The average Bonchev–Trinajstić information content (AvgIpc) is 2.37. The van der Waals surface area contributed by atoms with E-state index in [0.29, 0.717) is 6.07 Å². The Balaban J connectivity index is 2.16. The molecule has 3 nitrogen and oxygen atoms in total. The third kappa shape index (κ3) is 3.28. The van der Waals surface area contributed by atoms with Crippen LogP contribution in [0.25, 0.3) is 0 Å². The summed E-state index contributed by atoms with van der Waals surface area (Å²) in [5, 5.41) is 8.77. The van der Waals surface area contributed by atoms with E-state index in [4.69, 9.17) is 9.84 Å². The number of ether oxygens (including phenoxy) is 1. The molecule has 2 aromatic rings. The zero-order valence-corrected chi connectivity index (χ0v) is 10.1. The fraction of sp³-hybridized carbons (Fsp3) is 0.0714. The monoisotopic (exact) mass is 282 g/mol. The van der Waals surface area contributed by atoms with Crippen LogP contribution in [0.4, 0.5) is 13.2 Å². The van der Waals surface area contributed by atoms with Crippen LogP contribution in [0.2, 0.25) is 0 Å². The van der Waals surface area contributed by atoms with Gasteiger partial charge in [0.15, 0.2) is 0 Å². The van der Waals surface area contributed by atoms with Gasteiger partial charge in [0, 0.05) is 17.7 Å². The molecule has 0 aliphatic rings. The van der Waals surface area contributed by atoms with Crippen molar-refractivity contribution in [2.45, 2.75) is 6.61 Å². The van der Waals surface area contributed by atoms with E-state index in [9.17, 15) is 18.0 Å². The lowest BCUT2D eigenvalue weighted by Gasteiger charge is -2.08. The summed E-state index contributed by atoms with van der Waals surface area (Å²) in [6, 6.07) is 5.90. The van der Waals surface area contributed by atoms with Gasteiger partial charge < -0.3 is 9.84 Å². The number of rotatable bonds is 4. The van der Waals surface area contributed by atoms with Crippen LogP contribution in [0, 0.1) is 17.5 Å². The van der Waals surface area contributed by atoms with Gasteiger partial charge in [-0.3, -0.25) is 0 Å². The Hall–Kier alpha value is -2.50. The predicted molar refractivity (Wildman–Crippen MR) is 64.0 cm³/mol. The van der Waals surface area contributed by atoms with Crippen LogP contribution in [0.5, 0.6) is 5.75 Å². The quantitative estimate of drug-likeness (QED) is 0.935. The Kier molecular flexibility index (Phi) is 3.93. The minimum absolute atomic E-state index is 0.0499. The van der Waals surface area contributed by atoms with Crippen LogP contribution in [0.15, 0.2) is 36.4 Å². The summed E-state index contributed by atoms with van der Waals surface area (Å²) in [6.07, 6.45) is 0. The summed E-state index contributed by atoms with van der Waals surface area (Å²) in [5.74, 6) is -3.64. The van der Waals surface area contributed by atoms with Gasteiger partial charge in [-0.1, -0.05) is 0 Å². The van der Waals surface area contributed by atoms with Crippen molar-refractivity contribution >= 4 is 5.97 Å². The molecule has 0 saturated carbocycles. The molecule has 104 valence electrons. The maximum absolute atomic E-state index is 13.4. The molecule has 0 saturated heterocycles. The second-order valence-electron chi connectivity index (χ2n) is 4.01. The molecule has 0 radical (unpaired) electrons. The Bertz CT molecular complexity index is 656. The molecule has 2 aromatic carbocycles. The molecule has 0 atom stereocenters. The number of hydrogen-bond acceptors (Lipinski definition) is 2. The molecule has 0 aliphatic heterocycles. The van der Waals surface area contributed by atoms with Crippen LogP contribution in [0.1, 0.15) is 15.9 Å². The number of carbonyl (C=O) groups is 1. The van der Waals surface area contributed by atoms with Gasteiger partial charge in [0.2, 0.25) is 0 Å². The fourth-order valence-corrected chi connectivity index (χ4v) is 1.57. The Labute approximate surface area is 112 Å². The summed E-state index contributed by atoms with van der Waals surface area (Å²) in [6.45, 7) is -0.269. The van der Waals surface area contributed by atoms with Crippen molar-refractivity contribution in [2.24, 2.45) is 0 Å². The smallest absolute Gasteiger partial charge is 0.335 e. The lowest BCUT2D eigenvalue weighted by molar-refractivity contribution is 0.0695. The van der Waals surface area contributed by atoms with Crippen LogP contribution in [-0.4, -0.2) is 11.1 Å². The number of aromatic carboxylic acids is 1. The third-order valence-corrected chi connectivity index (χ3v) is 2.53. The first-order valence-electron chi connectivity index (χ1n) is 5.56. The van der Waals surface area contributed by atoms with Crippen molar-refractivity contribution in [3.63, 3.8) is 0 Å². The fourth-order valence-electron chi connectivity index (χ4n) is 1.57. The van der Waals surface area contributed by atoms with E-state index in [1.54, 1.807) is 0 Å². The first-order valence-corrected chi connectivity index (χ1v) is 5.56. The molecule has 0 heterocycles. The van der Waals surface area contributed by atoms with Crippen molar-refractivity contribution < 1.29 is 27.8 Å². The van der Waals surface area contributed by atoms with Gasteiger partial charge in [-0.25, -0.2) is 18.0 Å². The number of carboxylic acids is 1. The second kappa shape index (κ2) is 5.64. The SMILES string of the molecule is O=C(O)c1cc(F)cc(OCc2ccc(F)cc2F)c1. The Morgan fingerprint density at radius 2 is 1.80 bits per heavy atom. The summed E-state index contributed by atoms with van der Waals surface area (Å²) < 4.78 is 44.4. The maximum atomic E-state index is 13.4. The van der Waals surface area contributed by atoms with Crippen LogP contribution < -0.4 is 4.74 Å². The van der Waals surface area contributed by atoms with Crippen LogP contribution in [-0.2, 0) is 6.61 Å². The molecule has 0 fully saturated rings. The standard InChI is InChI=1S/C14H9F3O3/c15-10-2-1-8(13(17)6-10)7-20-12-4-9(14(18)19)3-11(16)5-12/h1-6H,7H2,(H,18,19). The summed E-state index contributed by atoms with van der Waals surface area (Å²) in [4.78, 5) is 10.7. The van der Waals surface area contributed by atoms with Crippen molar-refractivity contribution in [3.05, 3.63) is 65.0 Å². The largest absolute Gasteiger partial charge is 0.489 e. The Morgan fingerprint density at radius 3 is 2.45 bits per heavy atom. The highest BCUT2D eigenvalue weighted by molar-refractivity contribution is 5.88. The van der Waals surface area contributed by atoms with Crippen molar-refractivity contribution in [1.29, 1.82) is 0 Å².